The van der Waals surface area contributed by atoms with E-state index in [9.17, 15) is 0 Å². The molecule has 0 atom stereocenters. The van der Waals surface area contributed by atoms with E-state index >= 15 is 0 Å². The van der Waals surface area contributed by atoms with Crippen molar-refractivity contribution in [3.05, 3.63) is 402 Å². The lowest BCUT2D eigenvalue weighted by atomic mass is 9.95. The van der Waals surface area contributed by atoms with Gasteiger partial charge in [0.1, 0.15) is 25.3 Å². The third kappa shape index (κ3) is 53.1. The van der Waals surface area contributed by atoms with E-state index in [1.165, 1.54) is 122 Å². The van der Waals surface area contributed by atoms with Crippen LogP contribution >= 0.6 is 0 Å². The highest BCUT2D eigenvalue weighted by molar-refractivity contribution is 6.26. The van der Waals surface area contributed by atoms with Gasteiger partial charge in [0.2, 0.25) is 0 Å². The highest BCUT2D eigenvalue weighted by Gasteiger charge is 2.09. The van der Waals surface area contributed by atoms with Crippen molar-refractivity contribution < 1.29 is 0 Å². The van der Waals surface area contributed by atoms with E-state index in [2.05, 4.69) is 289 Å². The summed E-state index contributed by atoms with van der Waals surface area (Å²) in [6, 6.07) is 117. The molecule has 8 nitrogen and oxygen atoms in total. The van der Waals surface area contributed by atoms with Crippen LogP contribution in [0.15, 0.2) is 402 Å². The molecule has 0 saturated carbocycles. The van der Waals surface area contributed by atoms with Crippen LogP contribution < -0.4 is 0 Å². The molecule has 0 aliphatic rings. The number of nitrogens with zero attached hydrogens (tertiary/aromatic N) is 8. The third-order valence-corrected chi connectivity index (χ3v) is 15.1. The fourth-order valence-corrected chi connectivity index (χ4v) is 10.8. The molecular formula is C122H174N8. The third-order valence-electron chi connectivity index (χ3n) is 15.1. The Hall–Kier alpha value is -12.8. The Bertz CT molecular complexity index is 4340. The van der Waals surface area contributed by atoms with Gasteiger partial charge in [-0.2, -0.15) is 0 Å². The Balaban J connectivity index is -0.000000210. The first-order valence-electron chi connectivity index (χ1n) is 48.9. The molecule has 0 amide bonds. The van der Waals surface area contributed by atoms with Gasteiger partial charge in [0, 0.05) is 53.3 Å². The topological polar surface area (TPSA) is 103 Å². The van der Waals surface area contributed by atoms with Gasteiger partial charge in [-0.05, 0) is 117 Å². The molecule has 0 aliphatic carbocycles. The van der Waals surface area contributed by atoms with Crippen molar-refractivity contribution in [2.45, 2.75) is 249 Å². The van der Waals surface area contributed by atoms with Gasteiger partial charge in [0.15, 0.2) is 0 Å². The fourth-order valence-electron chi connectivity index (χ4n) is 10.8. The molecule has 0 unspecified atom stereocenters. The van der Waals surface area contributed by atoms with E-state index in [-0.39, 0.29) is 0 Å². The molecule has 0 bridgehead atoms. The molecule has 14 aromatic carbocycles. The van der Waals surface area contributed by atoms with Crippen LogP contribution in [0.3, 0.4) is 0 Å². The Morgan fingerprint density at radius 1 is 0.115 bits per heavy atom. The lowest BCUT2D eigenvalue weighted by molar-refractivity contribution is 1.05. The van der Waals surface area contributed by atoms with Gasteiger partial charge in [0.25, 0.3) is 0 Å². The zero-order chi connectivity index (χ0) is 99.9. The molecule has 5 aromatic heterocycles. The van der Waals surface area contributed by atoms with Gasteiger partial charge in [-0.15, -0.1) is 0 Å². The second-order valence-corrected chi connectivity index (χ2v) is 21.1. The van der Waals surface area contributed by atoms with Crippen molar-refractivity contribution in [1.82, 2.24) is 39.9 Å². The van der Waals surface area contributed by atoms with Crippen molar-refractivity contribution in [1.29, 1.82) is 0 Å². The SMILES string of the molecule is CC.CC.CC.CC.CC.CC.CC.CC.CC.CC.CC.CC.CC.CC.CC.CC.CC.CC.c1ccc2c(c1)c1ccccc1c1ccccc21.c1ccc2c(c1)c1ccccc1c1ncccc21.c1ccc2c(c1)ccc1ccccc12.c1ccc2ccccc2c1.c1ccc2ncccc2c1.c1ccccc1.c1ccncc1.c1cncnc1.c1ncncn1. The number of aromatic nitrogens is 8. The molecule has 0 saturated heterocycles. The summed E-state index contributed by atoms with van der Waals surface area (Å²) in [5.74, 6) is 0. The predicted molar refractivity (Wildman–Crippen MR) is 600 cm³/mol. The normalized spacial score (nSPS) is 8.15. The highest BCUT2D eigenvalue weighted by atomic mass is 14.9. The van der Waals surface area contributed by atoms with Crippen molar-refractivity contribution >= 4 is 108 Å². The minimum absolute atomic E-state index is 1.06. The molecule has 19 aromatic rings. The first-order chi connectivity index (χ1) is 64.8. The zero-order valence-corrected chi connectivity index (χ0v) is 87.7. The largest absolute Gasteiger partial charge is 0.265 e. The van der Waals surface area contributed by atoms with E-state index < -0.39 is 0 Å². The van der Waals surface area contributed by atoms with E-state index in [1.807, 2.05) is 347 Å². The summed E-state index contributed by atoms with van der Waals surface area (Å²) in [6.07, 6.45) is 16.4. The number of rotatable bonds is 0. The second-order valence-electron chi connectivity index (χ2n) is 21.1. The Kier molecular flexibility index (Phi) is 107. The van der Waals surface area contributed by atoms with Crippen molar-refractivity contribution in [2.24, 2.45) is 0 Å². The summed E-state index contributed by atoms with van der Waals surface area (Å²) in [5, 5.41) is 23.5. The van der Waals surface area contributed by atoms with Crippen LogP contribution in [-0.4, -0.2) is 39.9 Å². The quantitative estimate of drug-likeness (QED) is 0.138. The van der Waals surface area contributed by atoms with Crippen LogP contribution in [0.25, 0.3) is 108 Å². The van der Waals surface area contributed by atoms with Gasteiger partial charge in [-0.25, -0.2) is 24.9 Å². The van der Waals surface area contributed by atoms with Crippen LogP contribution in [0.1, 0.15) is 249 Å². The lowest BCUT2D eigenvalue weighted by Crippen LogP contribution is -1.84. The van der Waals surface area contributed by atoms with Gasteiger partial charge >= 0.3 is 0 Å². The Morgan fingerprint density at radius 2 is 0.308 bits per heavy atom. The predicted octanol–water partition coefficient (Wildman–Crippen LogP) is 40.3. The molecule has 0 N–H and O–H groups in total. The monoisotopic (exact) mass is 1750 g/mol. The molecule has 8 heteroatoms. The maximum absolute atomic E-state index is 4.56. The van der Waals surface area contributed by atoms with Crippen molar-refractivity contribution in [3.63, 3.8) is 0 Å². The Morgan fingerprint density at radius 3 is 0.546 bits per heavy atom. The van der Waals surface area contributed by atoms with Crippen molar-refractivity contribution in [2.75, 3.05) is 0 Å². The summed E-state index contributed by atoms with van der Waals surface area (Å²) >= 11 is 0. The molecule has 130 heavy (non-hydrogen) atoms. The van der Waals surface area contributed by atoms with E-state index in [0.717, 1.165) is 11.0 Å². The summed E-state index contributed by atoms with van der Waals surface area (Å²) < 4.78 is 0. The molecule has 0 radical (unpaired) electrons. The number of fused-ring (bicyclic) bond motifs is 17. The standard InChI is InChI=1S/C18H12.C17H11N.C14H10.C10H8.C9H7N.C6H6.C5H5N.C4H4N2.C3H3N3.18C2H6/c1-2-8-14-13(7-1)15-9-3-4-11-17(15)18-12-6-5-10-16(14)18;1-2-7-14-12(6-1)13-8-3-4-9-15(13)17-16(14)10-5-11-18-17;1-3-7-13-11(5-1)9-10-12-6-2-4-8-14(12)13;1-2-6-10-8-4-3-7-9(10)5-1;1-2-6-9-8(4-1)5-3-7-10-9;2*1-2-4-6-5-3-1;1-2-5-4-6-3-1;1-4-2-6-3-5-1;18*1-2/h1-12H;1-11H;1-10H;1-8H;1-7H;1-6H;1-5H;1-4H;1-3H;18*1-2H3. The molecule has 19 rings (SSSR count). The fraction of sp³-hybridized carbons (Fsp3) is 0.295. The van der Waals surface area contributed by atoms with E-state index in [0.29, 0.717) is 0 Å². The lowest BCUT2D eigenvalue weighted by Gasteiger charge is -2.09. The average molecular weight is 1750 g/mol. The molecule has 0 fully saturated rings. The van der Waals surface area contributed by atoms with Gasteiger partial charge in [-0.1, -0.05) is 553 Å². The summed E-state index contributed by atoms with van der Waals surface area (Å²) in [4.78, 5) is 30.6. The van der Waals surface area contributed by atoms with Crippen LogP contribution in [0.5, 0.6) is 0 Å². The van der Waals surface area contributed by atoms with Gasteiger partial charge in [-0.3, -0.25) is 15.0 Å². The minimum Gasteiger partial charge on any atom is -0.265 e. The van der Waals surface area contributed by atoms with E-state index in [4.69, 9.17) is 0 Å². The van der Waals surface area contributed by atoms with Crippen molar-refractivity contribution in [3.8, 4) is 0 Å². The molecule has 0 spiro atoms. The first-order valence-corrected chi connectivity index (χ1v) is 48.9. The maximum atomic E-state index is 4.56. The number of hydrogen-bond donors (Lipinski definition) is 0. The zero-order valence-electron chi connectivity index (χ0n) is 87.7. The number of para-hydroxylation sites is 1. The molecule has 0 aliphatic heterocycles. The van der Waals surface area contributed by atoms with Crippen LogP contribution in [-0.2, 0) is 0 Å². The van der Waals surface area contributed by atoms with Gasteiger partial charge in [0.05, 0.1) is 11.0 Å². The molecule has 702 valence electrons. The smallest absolute Gasteiger partial charge is 0.119 e. The summed E-state index contributed by atoms with van der Waals surface area (Å²) in [7, 11) is 0. The van der Waals surface area contributed by atoms with E-state index in [1.54, 1.807) is 30.9 Å². The summed E-state index contributed by atoms with van der Waals surface area (Å²) in [6.45, 7) is 72.0. The van der Waals surface area contributed by atoms with Crippen LogP contribution in [0, 0.1) is 0 Å². The number of pyridine rings is 3. The van der Waals surface area contributed by atoms with Gasteiger partial charge < -0.3 is 0 Å². The highest BCUT2D eigenvalue weighted by Crippen LogP contribution is 2.36. The first kappa shape index (κ1) is 133. The molecule has 5 heterocycles. The Labute approximate surface area is 794 Å². The number of benzene rings is 14. The van der Waals surface area contributed by atoms with Crippen LogP contribution in [0.4, 0.5) is 0 Å². The maximum Gasteiger partial charge on any atom is 0.119 e. The van der Waals surface area contributed by atoms with Crippen LogP contribution in [0.2, 0.25) is 0 Å². The number of hydrogen-bond acceptors (Lipinski definition) is 8. The molecular weight excluding hydrogens is 1580 g/mol. The summed E-state index contributed by atoms with van der Waals surface area (Å²) in [5.41, 5.74) is 2.15. The average Bonchev–Trinajstić information content (AvgIpc) is 0.755. The minimum atomic E-state index is 1.06. The second kappa shape index (κ2) is 105.